The summed E-state index contributed by atoms with van der Waals surface area (Å²) in [5.41, 5.74) is 1.66. The first-order chi connectivity index (χ1) is 11.7. The van der Waals surface area contributed by atoms with Gasteiger partial charge in [0.05, 0.1) is 14.2 Å². The number of hydrogen-bond donors (Lipinski definition) is 1. The van der Waals surface area contributed by atoms with Crippen LogP contribution in [0.15, 0.2) is 23.2 Å². The Morgan fingerprint density at radius 2 is 1.96 bits per heavy atom. The molecule has 1 aromatic carbocycles. The van der Waals surface area contributed by atoms with E-state index in [0.717, 1.165) is 36.1 Å². The van der Waals surface area contributed by atoms with Gasteiger partial charge in [-0.25, -0.2) is 0 Å². The zero-order chi connectivity index (χ0) is 17.0. The molecule has 0 aromatic heterocycles. The summed E-state index contributed by atoms with van der Waals surface area (Å²) in [5, 5.41) is 3.50. The summed E-state index contributed by atoms with van der Waals surface area (Å²) < 4.78 is 10.7. The second-order valence-electron chi connectivity index (χ2n) is 6.96. The van der Waals surface area contributed by atoms with Crippen molar-refractivity contribution < 1.29 is 9.47 Å². The molecule has 2 aliphatic rings. The Labute approximate surface area is 168 Å². The Hall–Kier alpha value is -1.18. The molecule has 1 saturated carbocycles. The highest BCUT2D eigenvalue weighted by atomic mass is 127. The Morgan fingerprint density at radius 3 is 2.60 bits per heavy atom. The molecular formula is C19H30IN3O2. The molecule has 0 amide bonds. The van der Waals surface area contributed by atoms with Gasteiger partial charge >= 0.3 is 0 Å². The van der Waals surface area contributed by atoms with Gasteiger partial charge in [0.25, 0.3) is 0 Å². The summed E-state index contributed by atoms with van der Waals surface area (Å²) in [6.07, 6.45) is 6.85. The van der Waals surface area contributed by atoms with Crippen molar-refractivity contribution in [1.82, 2.24) is 10.2 Å². The number of nitrogens with one attached hydrogen (secondary N) is 1. The molecule has 1 saturated heterocycles. The number of aliphatic imine (C=N–C) groups is 1. The van der Waals surface area contributed by atoms with Gasteiger partial charge in [-0.15, -0.1) is 24.0 Å². The molecule has 25 heavy (non-hydrogen) atoms. The quantitative estimate of drug-likeness (QED) is 0.424. The van der Waals surface area contributed by atoms with E-state index in [-0.39, 0.29) is 24.0 Å². The third-order valence-corrected chi connectivity index (χ3v) is 5.55. The average molecular weight is 459 g/mol. The number of hydrogen-bond acceptors (Lipinski definition) is 3. The van der Waals surface area contributed by atoms with Gasteiger partial charge in [-0.05, 0) is 36.8 Å². The van der Waals surface area contributed by atoms with E-state index in [1.165, 1.54) is 32.1 Å². The van der Waals surface area contributed by atoms with E-state index in [9.17, 15) is 0 Å². The standard InChI is InChI=1S/C19H29N3O2.HI/c1-20-18(22-11-10-19(14-22)8-4-5-9-19)21-13-15-6-7-16(23-2)12-17(15)24-3;/h6-7,12H,4-5,8-11,13-14H2,1-3H3,(H,20,21);1H. The zero-order valence-electron chi connectivity index (χ0n) is 15.5. The van der Waals surface area contributed by atoms with E-state index in [2.05, 4.69) is 15.2 Å². The molecule has 1 heterocycles. The zero-order valence-corrected chi connectivity index (χ0v) is 17.8. The van der Waals surface area contributed by atoms with Crippen LogP contribution in [0.4, 0.5) is 0 Å². The molecule has 5 nitrogen and oxygen atoms in total. The fourth-order valence-electron chi connectivity index (χ4n) is 4.15. The minimum atomic E-state index is 0. The molecule has 0 bridgehead atoms. The van der Waals surface area contributed by atoms with Crippen molar-refractivity contribution in [3.8, 4) is 11.5 Å². The first-order valence-electron chi connectivity index (χ1n) is 8.86. The molecule has 0 atom stereocenters. The SMILES string of the molecule is CN=C(NCc1ccc(OC)cc1OC)N1CCC2(CCCC2)C1.I. The number of rotatable bonds is 4. The summed E-state index contributed by atoms with van der Waals surface area (Å²) in [5.74, 6) is 2.64. The third-order valence-electron chi connectivity index (χ3n) is 5.55. The number of likely N-dealkylation sites (tertiary alicyclic amines) is 1. The van der Waals surface area contributed by atoms with Crippen molar-refractivity contribution in [3.63, 3.8) is 0 Å². The van der Waals surface area contributed by atoms with Crippen molar-refractivity contribution in [2.45, 2.75) is 38.6 Å². The minimum absolute atomic E-state index is 0. The normalized spacial score (nSPS) is 19.0. The van der Waals surface area contributed by atoms with Crippen molar-refractivity contribution in [1.29, 1.82) is 0 Å². The largest absolute Gasteiger partial charge is 0.497 e. The highest BCUT2D eigenvalue weighted by Gasteiger charge is 2.41. The number of halogens is 1. The Morgan fingerprint density at radius 1 is 1.20 bits per heavy atom. The van der Waals surface area contributed by atoms with Gasteiger partial charge < -0.3 is 19.7 Å². The summed E-state index contributed by atoms with van der Waals surface area (Å²) in [7, 11) is 5.23. The molecular weight excluding hydrogens is 429 g/mol. The van der Waals surface area contributed by atoms with Crippen LogP contribution in [0.3, 0.4) is 0 Å². The van der Waals surface area contributed by atoms with Crippen LogP contribution in [0.25, 0.3) is 0 Å². The molecule has 140 valence electrons. The number of benzene rings is 1. The lowest BCUT2D eigenvalue weighted by molar-refractivity contribution is 0.309. The summed E-state index contributed by atoms with van der Waals surface area (Å²) in [6.45, 7) is 2.95. The predicted octanol–water partition coefficient (Wildman–Crippen LogP) is 3.66. The molecule has 2 fully saturated rings. The molecule has 0 unspecified atom stereocenters. The summed E-state index contributed by atoms with van der Waals surface area (Å²) in [6, 6.07) is 5.93. The maximum Gasteiger partial charge on any atom is 0.193 e. The van der Waals surface area contributed by atoms with Crippen molar-refractivity contribution >= 4 is 29.9 Å². The monoisotopic (exact) mass is 459 g/mol. The molecule has 6 heteroatoms. The van der Waals surface area contributed by atoms with Crippen LogP contribution >= 0.6 is 24.0 Å². The van der Waals surface area contributed by atoms with Crippen LogP contribution in [0.1, 0.15) is 37.7 Å². The lowest BCUT2D eigenvalue weighted by Gasteiger charge is -2.26. The van der Waals surface area contributed by atoms with E-state index in [1.807, 2.05) is 25.2 Å². The number of guanidine groups is 1. The van der Waals surface area contributed by atoms with Crippen molar-refractivity contribution in [2.24, 2.45) is 10.4 Å². The van der Waals surface area contributed by atoms with Gasteiger partial charge in [-0.2, -0.15) is 0 Å². The molecule has 1 spiro atoms. The first-order valence-corrected chi connectivity index (χ1v) is 8.86. The van der Waals surface area contributed by atoms with Gasteiger partial charge in [-0.1, -0.05) is 12.8 Å². The lowest BCUT2D eigenvalue weighted by Crippen LogP contribution is -2.40. The highest BCUT2D eigenvalue weighted by molar-refractivity contribution is 14.0. The van der Waals surface area contributed by atoms with Crippen LogP contribution in [0.2, 0.25) is 0 Å². The van der Waals surface area contributed by atoms with Crippen LogP contribution in [-0.2, 0) is 6.54 Å². The molecule has 3 rings (SSSR count). The number of methoxy groups -OCH3 is 2. The van der Waals surface area contributed by atoms with E-state index < -0.39 is 0 Å². The maximum atomic E-state index is 5.48. The Kier molecular flexibility index (Phi) is 7.22. The molecule has 1 aromatic rings. The number of ether oxygens (including phenoxy) is 2. The average Bonchev–Trinajstić information content (AvgIpc) is 3.26. The fraction of sp³-hybridized carbons (Fsp3) is 0.632. The van der Waals surface area contributed by atoms with E-state index in [1.54, 1.807) is 14.2 Å². The van der Waals surface area contributed by atoms with Crippen LogP contribution in [-0.4, -0.2) is 45.2 Å². The van der Waals surface area contributed by atoms with E-state index in [4.69, 9.17) is 9.47 Å². The van der Waals surface area contributed by atoms with Gasteiger partial charge in [0.2, 0.25) is 0 Å². The van der Waals surface area contributed by atoms with Gasteiger partial charge in [-0.3, -0.25) is 4.99 Å². The topological polar surface area (TPSA) is 46.1 Å². The summed E-state index contributed by atoms with van der Waals surface area (Å²) >= 11 is 0. The number of nitrogens with zero attached hydrogens (tertiary/aromatic N) is 2. The van der Waals surface area contributed by atoms with E-state index in [0.29, 0.717) is 12.0 Å². The Balaban J connectivity index is 0.00000225. The second kappa shape index (κ2) is 8.96. The first kappa shape index (κ1) is 20.1. The van der Waals surface area contributed by atoms with E-state index >= 15 is 0 Å². The van der Waals surface area contributed by atoms with Gasteiger partial charge in [0.1, 0.15) is 11.5 Å². The predicted molar refractivity (Wildman–Crippen MR) is 112 cm³/mol. The Bertz CT molecular complexity index is 600. The van der Waals surface area contributed by atoms with Gasteiger partial charge in [0.15, 0.2) is 5.96 Å². The minimum Gasteiger partial charge on any atom is -0.497 e. The summed E-state index contributed by atoms with van der Waals surface area (Å²) in [4.78, 5) is 6.91. The van der Waals surface area contributed by atoms with Crippen LogP contribution < -0.4 is 14.8 Å². The maximum absolute atomic E-state index is 5.48. The fourth-order valence-corrected chi connectivity index (χ4v) is 4.15. The van der Waals surface area contributed by atoms with Gasteiger partial charge in [0, 0.05) is 38.3 Å². The lowest BCUT2D eigenvalue weighted by atomic mass is 9.86. The smallest absolute Gasteiger partial charge is 0.193 e. The molecule has 1 N–H and O–H groups in total. The second-order valence-corrected chi connectivity index (χ2v) is 6.96. The third kappa shape index (κ3) is 4.51. The van der Waals surface area contributed by atoms with Crippen LogP contribution in [0.5, 0.6) is 11.5 Å². The molecule has 0 radical (unpaired) electrons. The van der Waals surface area contributed by atoms with Crippen molar-refractivity contribution in [3.05, 3.63) is 23.8 Å². The molecule has 1 aliphatic heterocycles. The highest BCUT2D eigenvalue weighted by Crippen LogP contribution is 2.45. The van der Waals surface area contributed by atoms with Crippen LogP contribution in [0, 0.1) is 5.41 Å². The van der Waals surface area contributed by atoms with Crippen molar-refractivity contribution in [2.75, 3.05) is 34.4 Å². The molecule has 1 aliphatic carbocycles.